The molecule has 1 aliphatic rings. The molecular formula is C20H20N4O2S. The van der Waals surface area contributed by atoms with E-state index >= 15 is 0 Å². The molecule has 0 spiro atoms. The molecule has 1 aliphatic carbocycles. The van der Waals surface area contributed by atoms with Crippen molar-refractivity contribution in [3.8, 4) is 17.1 Å². The number of pyridine rings is 1. The van der Waals surface area contributed by atoms with Gasteiger partial charge in [-0.15, -0.1) is 10.2 Å². The van der Waals surface area contributed by atoms with Crippen molar-refractivity contribution in [3.63, 3.8) is 0 Å². The number of thioether (sulfide) groups is 1. The van der Waals surface area contributed by atoms with E-state index in [2.05, 4.69) is 19.7 Å². The molecule has 0 bridgehead atoms. The van der Waals surface area contributed by atoms with Gasteiger partial charge in [0, 0.05) is 29.6 Å². The van der Waals surface area contributed by atoms with Gasteiger partial charge < -0.3 is 4.74 Å². The van der Waals surface area contributed by atoms with Crippen LogP contribution in [0.4, 0.5) is 0 Å². The van der Waals surface area contributed by atoms with Gasteiger partial charge in [-0.05, 0) is 56.2 Å². The van der Waals surface area contributed by atoms with Crippen LogP contribution in [0.5, 0.6) is 5.75 Å². The van der Waals surface area contributed by atoms with Crippen molar-refractivity contribution in [1.29, 1.82) is 0 Å². The number of carbonyl (C=O) groups is 1. The molecule has 1 saturated carbocycles. The Morgan fingerprint density at radius 1 is 1.15 bits per heavy atom. The number of Topliss-reactive ketones (excluding diaryl/α,β-unsaturated/α-hetero) is 1. The molecule has 6 nitrogen and oxygen atoms in total. The monoisotopic (exact) mass is 380 g/mol. The Kier molecular flexibility index (Phi) is 4.94. The summed E-state index contributed by atoms with van der Waals surface area (Å²) in [5.41, 5.74) is 1.66. The number of hydrogen-bond acceptors (Lipinski definition) is 6. The van der Waals surface area contributed by atoms with Crippen LogP contribution in [0.15, 0.2) is 53.9 Å². The number of ketones is 1. The van der Waals surface area contributed by atoms with Gasteiger partial charge in [0.25, 0.3) is 0 Å². The summed E-state index contributed by atoms with van der Waals surface area (Å²) < 4.78 is 7.32. The van der Waals surface area contributed by atoms with Gasteiger partial charge in [0.2, 0.25) is 0 Å². The van der Waals surface area contributed by atoms with E-state index in [0.29, 0.717) is 11.6 Å². The highest BCUT2D eigenvalue weighted by Gasteiger charge is 2.31. The summed E-state index contributed by atoms with van der Waals surface area (Å²) in [6, 6.07) is 11.5. The summed E-state index contributed by atoms with van der Waals surface area (Å²) in [7, 11) is 1.61. The lowest BCUT2D eigenvalue weighted by Crippen LogP contribution is -2.14. The number of aromatic nitrogens is 4. The first-order chi connectivity index (χ1) is 13.2. The van der Waals surface area contributed by atoms with Crippen LogP contribution in [-0.2, 0) is 0 Å². The van der Waals surface area contributed by atoms with E-state index in [1.165, 1.54) is 11.8 Å². The maximum atomic E-state index is 12.8. The highest BCUT2D eigenvalue weighted by atomic mass is 32.2. The number of benzene rings is 1. The lowest BCUT2D eigenvalue weighted by atomic mass is 10.1. The van der Waals surface area contributed by atoms with E-state index in [0.717, 1.165) is 35.1 Å². The number of nitrogens with zero attached hydrogens (tertiary/aromatic N) is 4. The fourth-order valence-electron chi connectivity index (χ4n) is 2.92. The molecule has 0 radical (unpaired) electrons. The fourth-order valence-corrected chi connectivity index (χ4v) is 3.92. The first kappa shape index (κ1) is 17.7. The molecule has 2 heterocycles. The summed E-state index contributed by atoms with van der Waals surface area (Å²) in [5, 5.41) is 9.30. The van der Waals surface area contributed by atoms with E-state index in [9.17, 15) is 4.79 Å². The van der Waals surface area contributed by atoms with E-state index in [4.69, 9.17) is 4.74 Å². The van der Waals surface area contributed by atoms with Gasteiger partial charge in [0.05, 0.1) is 12.4 Å². The average Bonchev–Trinajstić information content (AvgIpc) is 3.48. The maximum absolute atomic E-state index is 12.8. The normalized spacial score (nSPS) is 14.7. The molecule has 7 heteroatoms. The number of methoxy groups -OCH3 is 1. The zero-order chi connectivity index (χ0) is 18.8. The summed E-state index contributed by atoms with van der Waals surface area (Å²) in [6.45, 7) is 1.91. The number of rotatable bonds is 7. The van der Waals surface area contributed by atoms with Crippen molar-refractivity contribution >= 4 is 17.5 Å². The van der Waals surface area contributed by atoms with Crippen LogP contribution in [0.3, 0.4) is 0 Å². The zero-order valence-corrected chi connectivity index (χ0v) is 16.0. The van der Waals surface area contributed by atoms with Crippen LogP contribution >= 0.6 is 11.8 Å². The van der Waals surface area contributed by atoms with Crippen molar-refractivity contribution in [1.82, 2.24) is 19.7 Å². The first-order valence-corrected chi connectivity index (χ1v) is 9.75. The second-order valence-corrected chi connectivity index (χ2v) is 7.80. The van der Waals surface area contributed by atoms with E-state index < -0.39 is 0 Å². The van der Waals surface area contributed by atoms with Crippen molar-refractivity contribution in [2.45, 2.75) is 36.2 Å². The Labute approximate surface area is 162 Å². The molecule has 27 heavy (non-hydrogen) atoms. The van der Waals surface area contributed by atoms with Gasteiger partial charge in [0.15, 0.2) is 16.8 Å². The topological polar surface area (TPSA) is 69.9 Å². The Morgan fingerprint density at radius 3 is 2.48 bits per heavy atom. The standard InChI is InChI=1S/C20H20N4O2S/c1-13(18(25)14-3-7-17(26-2)8-4-14)27-20-23-22-19(24(20)16-5-6-16)15-9-11-21-12-10-15/h3-4,7-13,16H,5-6H2,1-2H3. The van der Waals surface area contributed by atoms with E-state index in [1.54, 1.807) is 43.8 Å². The molecular weight excluding hydrogens is 360 g/mol. The molecule has 138 valence electrons. The highest BCUT2D eigenvalue weighted by molar-refractivity contribution is 8.00. The van der Waals surface area contributed by atoms with E-state index in [-0.39, 0.29) is 11.0 Å². The highest BCUT2D eigenvalue weighted by Crippen LogP contribution is 2.41. The first-order valence-electron chi connectivity index (χ1n) is 8.87. The van der Waals surface area contributed by atoms with Crippen LogP contribution in [0, 0.1) is 0 Å². The predicted octanol–water partition coefficient (Wildman–Crippen LogP) is 4.05. The smallest absolute Gasteiger partial charge is 0.192 e. The molecule has 1 atom stereocenters. The lowest BCUT2D eigenvalue weighted by molar-refractivity contribution is 0.0994. The van der Waals surface area contributed by atoms with Gasteiger partial charge in [0.1, 0.15) is 5.75 Å². The summed E-state index contributed by atoms with van der Waals surface area (Å²) >= 11 is 1.46. The summed E-state index contributed by atoms with van der Waals surface area (Å²) in [5.74, 6) is 1.65. The largest absolute Gasteiger partial charge is 0.497 e. The van der Waals surface area contributed by atoms with Crippen molar-refractivity contribution in [2.24, 2.45) is 0 Å². The molecule has 0 N–H and O–H groups in total. The van der Waals surface area contributed by atoms with Crippen molar-refractivity contribution < 1.29 is 9.53 Å². The SMILES string of the molecule is COc1ccc(C(=O)C(C)Sc2nnc(-c3ccncc3)n2C2CC2)cc1. The van der Waals surface area contributed by atoms with E-state index in [1.807, 2.05) is 19.1 Å². The molecule has 0 amide bonds. The maximum Gasteiger partial charge on any atom is 0.192 e. The predicted molar refractivity (Wildman–Crippen MR) is 104 cm³/mol. The van der Waals surface area contributed by atoms with Crippen LogP contribution in [0.2, 0.25) is 0 Å². The third kappa shape index (κ3) is 3.73. The quantitative estimate of drug-likeness (QED) is 0.455. The molecule has 1 aromatic carbocycles. The zero-order valence-electron chi connectivity index (χ0n) is 15.2. The number of carbonyl (C=O) groups excluding carboxylic acids is 1. The number of ether oxygens (including phenoxy) is 1. The Hall–Kier alpha value is -2.67. The molecule has 1 fully saturated rings. The molecule has 0 saturated heterocycles. The molecule has 1 unspecified atom stereocenters. The second kappa shape index (κ2) is 7.52. The Balaban J connectivity index is 1.57. The second-order valence-electron chi connectivity index (χ2n) is 6.50. The van der Waals surface area contributed by atoms with Crippen LogP contribution in [0.25, 0.3) is 11.4 Å². The van der Waals surface area contributed by atoms with Crippen molar-refractivity contribution in [3.05, 3.63) is 54.4 Å². The lowest BCUT2D eigenvalue weighted by Gasteiger charge is -2.12. The van der Waals surface area contributed by atoms with Crippen molar-refractivity contribution in [2.75, 3.05) is 7.11 Å². The molecule has 4 rings (SSSR count). The van der Waals surface area contributed by atoms with Crippen LogP contribution in [-0.4, -0.2) is 37.9 Å². The van der Waals surface area contributed by atoms with Gasteiger partial charge in [-0.2, -0.15) is 0 Å². The third-order valence-electron chi connectivity index (χ3n) is 4.54. The average molecular weight is 380 g/mol. The molecule has 3 aromatic rings. The minimum absolute atomic E-state index is 0.0680. The fraction of sp³-hybridized carbons (Fsp3) is 0.300. The van der Waals surface area contributed by atoms with Gasteiger partial charge in [-0.25, -0.2) is 0 Å². The Morgan fingerprint density at radius 2 is 1.85 bits per heavy atom. The summed E-state index contributed by atoms with van der Waals surface area (Å²) in [6.07, 6.45) is 5.74. The van der Waals surface area contributed by atoms with Crippen LogP contribution in [0.1, 0.15) is 36.2 Å². The molecule has 2 aromatic heterocycles. The third-order valence-corrected chi connectivity index (χ3v) is 5.60. The number of hydrogen-bond donors (Lipinski definition) is 0. The van der Waals surface area contributed by atoms with Gasteiger partial charge in [-0.3, -0.25) is 14.3 Å². The minimum Gasteiger partial charge on any atom is -0.497 e. The van der Waals surface area contributed by atoms with Gasteiger partial charge in [-0.1, -0.05) is 11.8 Å². The van der Waals surface area contributed by atoms with Crippen LogP contribution < -0.4 is 4.74 Å². The minimum atomic E-state index is -0.259. The Bertz CT molecular complexity index is 936. The summed E-state index contributed by atoms with van der Waals surface area (Å²) in [4.78, 5) is 16.9. The van der Waals surface area contributed by atoms with Gasteiger partial charge >= 0.3 is 0 Å². The molecule has 0 aliphatic heterocycles.